The Morgan fingerprint density at radius 1 is 1.12 bits per heavy atom. The van der Waals surface area contributed by atoms with Gasteiger partial charge in [0.1, 0.15) is 0 Å². The fourth-order valence-corrected chi connectivity index (χ4v) is 2.48. The number of aromatic nitrogens is 2. The molecule has 1 aromatic heterocycles. The van der Waals surface area contributed by atoms with E-state index in [1.165, 1.54) is 5.56 Å². The summed E-state index contributed by atoms with van der Waals surface area (Å²) < 4.78 is 1.79. The number of rotatable bonds is 5. The molecule has 0 aliphatic rings. The van der Waals surface area contributed by atoms with Crippen molar-refractivity contribution in [3.63, 3.8) is 0 Å². The number of anilines is 2. The van der Waals surface area contributed by atoms with Gasteiger partial charge in [-0.3, -0.25) is 4.79 Å². The van der Waals surface area contributed by atoms with Gasteiger partial charge in [0.2, 0.25) is 5.91 Å². The minimum atomic E-state index is -0.0712. The summed E-state index contributed by atoms with van der Waals surface area (Å²) in [6, 6.07) is 15.6. The van der Waals surface area contributed by atoms with Gasteiger partial charge in [-0.05, 0) is 55.8 Å². The van der Waals surface area contributed by atoms with Crippen molar-refractivity contribution in [2.75, 3.05) is 17.2 Å². The Kier molecular flexibility index (Phi) is 4.61. The lowest BCUT2D eigenvalue weighted by atomic mass is 10.1. The van der Waals surface area contributed by atoms with Crippen LogP contribution in [0.1, 0.15) is 11.1 Å². The second-order valence-electron chi connectivity index (χ2n) is 5.72. The molecule has 0 aliphatic heterocycles. The number of carbonyl (C=O) groups excluding carboxylic acids is 1. The van der Waals surface area contributed by atoms with Crippen LogP contribution in [0, 0.1) is 13.8 Å². The average molecular weight is 320 g/mol. The Hall–Kier alpha value is -3.08. The maximum absolute atomic E-state index is 12.1. The summed E-state index contributed by atoms with van der Waals surface area (Å²) in [6.45, 7) is 4.24. The fraction of sp³-hybridized carbons (Fsp3) is 0.158. The van der Waals surface area contributed by atoms with E-state index in [0.29, 0.717) is 0 Å². The Morgan fingerprint density at radius 3 is 2.58 bits per heavy atom. The van der Waals surface area contributed by atoms with E-state index in [1.54, 1.807) is 10.9 Å². The van der Waals surface area contributed by atoms with Gasteiger partial charge in [-0.1, -0.05) is 17.7 Å². The van der Waals surface area contributed by atoms with Gasteiger partial charge in [-0.2, -0.15) is 5.10 Å². The summed E-state index contributed by atoms with van der Waals surface area (Å²) in [5, 5.41) is 10.2. The number of aryl methyl sites for hydroxylation is 2. The maximum atomic E-state index is 12.1. The fourth-order valence-electron chi connectivity index (χ4n) is 2.48. The molecule has 3 aromatic rings. The Labute approximate surface area is 141 Å². The van der Waals surface area contributed by atoms with Gasteiger partial charge in [0, 0.05) is 23.8 Å². The molecule has 122 valence electrons. The lowest BCUT2D eigenvalue weighted by molar-refractivity contribution is -0.114. The van der Waals surface area contributed by atoms with Crippen LogP contribution in [0.15, 0.2) is 60.9 Å². The third-order valence-corrected chi connectivity index (χ3v) is 3.75. The number of amides is 1. The van der Waals surface area contributed by atoms with Crippen molar-refractivity contribution in [1.29, 1.82) is 0 Å². The largest absolute Gasteiger partial charge is 0.376 e. The van der Waals surface area contributed by atoms with Crippen molar-refractivity contribution in [2.45, 2.75) is 13.8 Å². The molecule has 5 heteroatoms. The van der Waals surface area contributed by atoms with Gasteiger partial charge < -0.3 is 10.6 Å². The summed E-state index contributed by atoms with van der Waals surface area (Å²) in [6.07, 6.45) is 3.63. The molecule has 1 amide bonds. The van der Waals surface area contributed by atoms with Gasteiger partial charge in [-0.15, -0.1) is 0 Å². The second kappa shape index (κ2) is 7.00. The van der Waals surface area contributed by atoms with E-state index >= 15 is 0 Å². The third-order valence-electron chi connectivity index (χ3n) is 3.75. The normalized spacial score (nSPS) is 10.4. The zero-order valence-electron chi connectivity index (χ0n) is 13.8. The lowest BCUT2D eigenvalue weighted by Gasteiger charge is -2.11. The molecule has 0 unspecified atom stereocenters. The summed E-state index contributed by atoms with van der Waals surface area (Å²) in [5.41, 5.74) is 4.96. The van der Waals surface area contributed by atoms with Crippen LogP contribution in [0.3, 0.4) is 0 Å². The van der Waals surface area contributed by atoms with Crippen LogP contribution in [-0.2, 0) is 4.79 Å². The number of hydrogen-bond acceptors (Lipinski definition) is 3. The van der Waals surface area contributed by atoms with Gasteiger partial charge in [0.25, 0.3) is 0 Å². The number of benzene rings is 2. The summed E-state index contributed by atoms with van der Waals surface area (Å²) in [7, 11) is 0. The van der Waals surface area contributed by atoms with E-state index in [2.05, 4.69) is 21.8 Å². The molecule has 0 fully saturated rings. The van der Waals surface area contributed by atoms with Gasteiger partial charge in [-0.25, -0.2) is 4.68 Å². The van der Waals surface area contributed by atoms with Gasteiger partial charge in [0.05, 0.1) is 12.2 Å². The molecule has 0 aliphatic carbocycles. The minimum Gasteiger partial charge on any atom is -0.376 e. The van der Waals surface area contributed by atoms with Crippen molar-refractivity contribution < 1.29 is 4.79 Å². The van der Waals surface area contributed by atoms with Gasteiger partial charge >= 0.3 is 0 Å². The van der Waals surface area contributed by atoms with Crippen molar-refractivity contribution in [2.24, 2.45) is 0 Å². The molecule has 24 heavy (non-hydrogen) atoms. The monoisotopic (exact) mass is 320 g/mol. The topological polar surface area (TPSA) is 59.0 Å². The number of hydrogen-bond donors (Lipinski definition) is 2. The third kappa shape index (κ3) is 3.81. The quantitative estimate of drug-likeness (QED) is 0.756. The molecule has 0 bridgehead atoms. The maximum Gasteiger partial charge on any atom is 0.243 e. The molecule has 0 atom stereocenters. The minimum absolute atomic E-state index is 0.0712. The van der Waals surface area contributed by atoms with Crippen LogP contribution in [0.2, 0.25) is 0 Å². The molecule has 5 nitrogen and oxygen atoms in total. The highest BCUT2D eigenvalue weighted by molar-refractivity contribution is 5.94. The summed E-state index contributed by atoms with van der Waals surface area (Å²) in [5.74, 6) is -0.0712. The molecule has 3 rings (SSSR count). The van der Waals surface area contributed by atoms with Crippen LogP contribution in [-0.4, -0.2) is 22.2 Å². The molecular weight excluding hydrogens is 300 g/mol. The molecule has 2 N–H and O–H groups in total. The molecule has 2 aromatic carbocycles. The molecule has 0 spiro atoms. The van der Waals surface area contributed by atoms with Gasteiger partial charge in [0.15, 0.2) is 0 Å². The van der Waals surface area contributed by atoms with Crippen molar-refractivity contribution in [1.82, 2.24) is 9.78 Å². The smallest absolute Gasteiger partial charge is 0.243 e. The number of nitrogens with one attached hydrogen (secondary N) is 2. The zero-order chi connectivity index (χ0) is 16.9. The zero-order valence-corrected chi connectivity index (χ0v) is 13.8. The van der Waals surface area contributed by atoms with Crippen LogP contribution < -0.4 is 10.6 Å². The SMILES string of the molecule is Cc1ccc(NC(=O)CNc2ccc(-n3cccn3)cc2)c(C)c1. The molecule has 0 saturated heterocycles. The van der Waals surface area contributed by atoms with E-state index in [-0.39, 0.29) is 12.5 Å². The lowest BCUT2D eigenvalue weighted by Crippen LogP contribution is -2.22. The molecular formula is C19H20N4O. The first-order valence-corrected chi connectivity index (χ1v) is 7.83. The molecule has 0 saturated carbocycles. The highest BCUT2D eigenvalue weighted by Crippen LogP contribution is 2.16. The Balaban J connectivity index is 1.56. The first-order valence-electron chi connectivity index (χ1n) is 7.83. The predicted molar refractivity (Wildman–Crippen MR) is 96.6 cm³/mol. The standard InChI is InChI=1S/C19H20N4O/c1-14-4-9-18(15(2)12-14)22-19(24)13-20-16-5-7-17(8-6-16)23-11-3-10-21-23/h3-12,20H,13H2,1-2H3,(H,22,24). The van der Waals surface area contributed by atoms with Crippen LogP contribution in [0.5, 0.6) is 0 Å². The molecule has 1 heterocycles. The molecule has 0 radical (unpaired) electrons. The highest BCUT2D eigenvalue weighted by Gasteiger charge is 2.05. The summed E-state index contributed by atoms with van der Waals surface area (Å²) in [4.78, 5) is 12.1. The van der Waals surface area contributed by atoms with Crippen molar-refractivity contribution in [3.05, 3.63) is 72.1 Å². The van der Waals surface area contributed by atoms with E-state index in [4.69, 9.17) is 0 Å². The van der Waals surface area contributed by atoms with Crippen LogP contribution in [0.25, 0.3) is 5.69 Å². The average Bonchev–Trinajstić information content (AvgIpc) is 3.11. The van der Waals surface area contributed by atoms with Crippen molar-refractivity contribution >= 4 is 17.3 Å². The van der Waals surface area contributed by atoms with E-state index < -0.39 is 0 Å². The predicted octanol–water partition coefficient (Wildman–Crippen LogP) is 3.54. The first kappa shape index (κ1) is 15.8. The van der Waals surface area contributed by atoms with E-state index in [1.807, 2.05) is 62.5 Å². The highest BCUT2D eigenvalue weighted by atomic mass is 16.1. The Bertz CT molecular complexity index is 823. The Morgan fingerprint density at radius 2 is 1.92 bits per heavy atom. The van der Waals surface area contributed by atoms with Crippen molar-refractivity contribution in [3.8, 4) is 5.69 Å². The van der Waals surface area contributed by atoms with Crippen LogP contribution >= 0.6 is 0 Å². The second-order valence-corrected chi connectivity index (χ2v) is 5.72. The number of carbonyl (C=O) groups is 1. The van der Waals surface area contributed by atoms with E-state index in [0.717, 1.165) is 22.6 Å². The summed E-state index contributed by atoms with van der Waals surface area (Å²) >= 11 is 0. The first-order chi connectivity index (χ1) is 11.6. The van der Waals surface area contributed by atoms with Crippen LogP contribution in [0.4, 0.5) is 11.4 Å². The number of nitrogens with zero attached hydrogens (tertiary/aromatic N) is 2. The van der Waals surface area contributed by atoms with E-state index in [9.17, 15) is 4.79 Å².